The van der Waals surface area contributed by atoms with Gasteiger partial charge in [0.1, 0.15) is 5.60 Å². The van der Waals surface area contributed by atoms with Crippen molar-refractivity contribution in [2.24, 2.45) is 0 Å². The number of ether oxygens (including phenoxy) is 1. The highest BCUT2D eigenvalue weighted by Crippen LogP contribution is 2.11. The first kappa shape index (κ1) is 20.1. The molecule has 0 saturated carbocycles. The first-order chi connectivity index (χ1) is 9.65. The normalized spacial score (nSPS) is 10.9. The number of hydrogen-bond donors (Lipinski definition) is 1. The first-order valence-corrected chi connectivity index (χ1v) is 8.43. The molecule has 0 rings (SSSR count). The molecule has 5 nitrogen and oxygen atoms in total. The van der Waals surface area contributed by atoms with E-state index in [1.807, 2.05) is 43.4 Å². The highest BCUT2D eigenvalue weighted by atomic mass is 127. The molecule has 0 fully saturated rings. The van der Waals surface area contributed by atoms with Crippen LogP contribution in [0.25, 0.3) is 0 Å². The second-order valence-electron chi connectivity index (χ2n) is 5.70. The molecule has 1 N–H and O–H groups in total. The monoisotopic (exact) mass is 409 g/mol. The zero-order valence-electron chi connectivity index (χ0n) is 13.0. The van der Waals surface area contributed by atoms with Crippen LogP contribution in [0.4, 0.5) is 0 Å². The van der Waals surface area contributed by atoms with E-state index in [4.69, 9.17) is 4.74 Å². The Balaban J connectivity index is 3.86. The van der Waals surface area contributed by atoms with Crippen LogP contribution in [0.1, 0.15) is 46.5 Å². The lowest BCUT2D eigenvalue weighted by atomic mass is 10.0. The fraction of sp³-hybridized carbons (Fsp3) is 0.667. The topological polar surface area (TPSA) is 72.5 Å². The van der Waals surface area contributed by atoms with Gasteiger partial charge in [-0.25, -0.2) is 0 Å². The average molecular weight is 409 g/mol. The molecule has 120 valence electrons. The first-order valence-electron chi connectivity index (χ1n) is 6.91. The standard InChI is InChI=1S/C15H24INO4/c1-11(8-9-17-13(19)10-16)12(18)6-5-7-14(20)21-15(2,3)4/h1,5-10H2,2-4H3,(H,17,19). The Kier molecular flexibility index (Phi) is 9.48. The predicted octanol–water partition coefficient (Wildman–Crippen LogP) is 2.57. The van der Waals surface area contributed by atoms with Gasteiger partial charge in [-0.3, -0.25) is 14.4 Å². The van der Waals surface area contributed by atoms with Crippen LogP contribution in [-0.4, -0.2) is 34.2 Å². The van der Waals surface area contributed by atoms with Crippen LogP contribution >= 0.6 is 22.6 Å². The Morgan fingerprint density at radius 2 is 1.76 bits per heavy atom. The van der Waals surface area contributed by atoms with E-state index >= 15 is 0 Å². The van der Waals surface area contributed by atoms with Gasteiger partial charge in [0.15, 0.2) is 5.78 Å². The summed E-state index contributed by atoms with van der Waals surface area (Å²) in [5.41, 5.74) is -0.0189. The molecule has 0 aromatic rings. The van der Waals surface area contributed by atoms with E-state index in [1.165, 1.54) is 0 Å². The maximum absolute atomic E-state index is 11.8. The van der Waals surface area contributed by atoms with Gasteiger partial charge in [0, 0.05) is 19.4 Å². The fourth-order valence-electron chi connectivity index (χ4n) is 1.50. The van der Waals surface area contributed by atoms with Crippen molar-refractivity contribution in [1.82, 2.24) is 5.32 Å². The molecule has 21 heavy (non-hydrogen) atoms. The number of ketones is 1. The maximum atomic E-state index is 11.8. The number of nitrogens with one attached hydrogen (secondary N) is 1. The van der Waals surface area contributed by atoms with Gasteiger partial charge >= 0.3 is 5.97 Å². The van der Waals surface area contributed by atoms with Crippen LogP contribution in [0.15, 0.2) is 12.2 Å². The SMILES string of the molecule is C=C(CCNC(=O)CI)C(=O)CCCC(=O)OC(C)(C)C. The molecule has 0 aliphatic rings. The second kappa shape index (κ2) is 9.92. The summed E-state index contributed by atoms with van der Waals surface area (Å²) in [5, 5.41) is 2.68. The number of carbonyl (C=O) groups excluding carboxylic acids is 3. The third-order valence-corrected chi connectivity index (χ3v) is 3.16. The summed E-state index contributed by atoms with van der Waals surface area (Å²) in [6.45, 7) is 9.55. The number of hydrogen-bond acceptors (Lipinski definition) is 4. The van der Waals surface area contributed by atoms with Crippen LogP contribution in [0, 0.1) is 0 Å². The largest absolute Gasteiger partial charge is 0.460 e. The Hall–Kier alpha value is -0.920. The van der Waals surface area contributed by atoms with E-state index < -0.39 is 5.60 Å². The van der Waals surface area contributed by atoms with Gasteiger partial charge in [-0.1, -0.05) is 29.2 Å². The van der Waals surface area contributed by atoms with E-state index in [2.05, 4.69) is 11.9 Å². The summed E-state index contributed by atoms with van der Waals surface area (Å²) in [6, 6.07) is 0. The number of alkyl halides is 1. The molecular formula is C15H24INO4. The minimum Gasteiger partial charge on any atom is -0.460 e. The van der Waals surface area contributed by atoms with Crippen molar-refractivity contribution in [2.75, 3.05) is 11.0 Å². The molecule has 0 heterocycles. The third-order valence-electron chi connectivity index (χ3n) is 2.47. The van der Waals surface area contributed by atoms with Crippen molar-refractivity contribution in [3.05, 3.63) is 12.2 Å². The molecule has 1 amide bonds. The van der Waals surface area contributed by atoms with Crippen molar-refractivity contribution in [3.8, 4) is 0 Å². The van der Waals surface area contributed by atoms with Crippen LogP contribution in [0.5, 0.6) is 0 Å². The zero-order valence-corrected chi connectivity index (χ0v) is 15.1. The van der Waals surface area contributed by atoms with Gasteiger partial charge in [-0.05, 0) is 39.2 Å². The van der Waals surface area contributed by atoms with Crippen molar-refractivity contribution in [2.45, 2.75) is 52.1 Å². The molecule has 0 unspecified atom stereocenters. The molecule has 0 aromatic carbocycles. The number of halogens is 1. The summed E-state index contributed by atoms with van der Waals surface area (Å²) in [5.74, 6) is -0.418. The van der Waals surface area contributed by atoms with Crippen molar-refractivity contribution < 1.29 is 19.1 Å². The summed E-state index contributed by atoms with van der Waals surface area (Å²) >= 11 is 1.97. The molecule has 0 aromatic heterocycles. The molecule has 0 aliphatic heterocycles. The molecule has 0 atom stereocenters. The number of esters is 1. The lowest BCUT2D eigenvalue weighted by Crippen LogP contribution is -2.26. The van der Waals surface area contributed by atoms with E-state index in [9.17, 15) is 14.4 Å². The summed E-state index contributed by atoms with van der Waals surface area (Å²) in [6.07, 6.45) is 1.39. The van der Waals surface area contributed by atoms with Gasteiger partial charge in [0.05, 0.1) is 4.43 Å². The van der Waals surface area contributed by atoms with Crippen LogP contribution in [-0.2, 0) is 19.1 Å². The van der Waals surface area contributed by atoms with Crippen LogP contribution < -0.4 is 5.32 Å². The van der Waals surface area contributed by atoms with Gasteiger partial charge in [0.2, 0.25) is 5.91 Å². The Morgan fingerprint density at radius 3 is 2.29 bits per heavy atom. The molecule has 0 saturated heterocycles. The zero-order chi connectivity index (χ0) is 16.5. The summed E-state index contributed by atoms with van der Waals surface area (Å²) < 4.78 is 5.56. The van der Waals surface area contributed by atoms with Gasteiger partial charge in [-0.2, -0.15) is 0 Å². The number of carbonyl (C=O) groups is 3. The second-order valence-corrected chi connectivity index (χ2v) is 6.46. The van der Waals surface area contributed by atoms with Gasteiger partial charge in [-0.15, -0.1) is 0 Å². The molecule has 0 bridgehead atoms. The molecule has 0 radical (unpaired) electrons. The van der Waals surface area contributed by atoms with Crippen LogP contribution in [0.3, 0.4) is 0 Å². The molecule has 6 heteroatoms. The summed E-state index contributed by atoms with van der Waals surface area (Å²) in [7, 11) is 0. The minimum absolute atomic E-state index is 0.0548. The summed E-state index contributed by atoms with van der Waals surface area (Å²) in [4.78, 5) is 34.3. The lowest BCUT2D eigenvalue weighted by Gasteiger charge is -2.19. The average Bonchev–Trinajstić information content (AvgIpc) is 2.35. The highest BCUT2D eigenvalue weighted by molar-refractivity contribution is 14.1. The van der Waals surface area contributed by atoms with Crippen molar-refractivity contribution in [1.29, 1.82) is 0 Å². The smallest absolute Gasteiger partial charge is 0.306 e. The number of rotatable bonds is 9. The van der Waals surface area contributed by atoms with Crippen molar-refractivity contribution >= 4 is 40.3 Å². The van der Waals surface area contributed by atoms with Gasteiger partial charge < -0.3 is 10.1 Å². The fourth-order valence-corrected chi connectivity index (χ4v) is 1.77. The third kappa shape index (κ3) is 11.4. The minimum atomic E-state index is -0.498. The number of Topliss-reactive ketones (excluding diaryl/α,β-unsaturated/α-hetero) is 1. The Labute approximate surface area is 140 Å². The van der Waals surface area contributed by atoms with E-state index in [-0.39, 0.29) is 30.5 Å². The van der Waals surface area contributed by atoms with E-state index in [0.717, 1.165) is 0 Å². The predicted molar refractivity (Wildman–Crippen MR) is 90.4 cm³/mol. The van der Waals surface area contributed by atoms with Crippen LogP contribution in [0.2, 0.25) is 0 Å². The number of amides is 1. The quantitative estimate of drug-likeness (QED) is 0.275. The molecule has 0 aliphatic carbocycles. The van der Waals surface area contributed by atoms with E-state index in [1.54, 1.807) is 0 Å². The molecular weight excluding hydrogens is 385 g/mol. The lowest BCUT2D eigenvalue weighted by molar-refractivity contribution is -0.154. The Morgan fingerprint density at radius 1 is 1.14 bits per heavy atom. The Bertz CT molecular complexity index is 399. The molecule has 0 spiro atoms. The van der Waals surface area contributed by atoms with Crippen molar-refractivity contribution in [3.63, 3.8) is 0 Å². The maximum Gasteiger partial charge on any atom is 0.306 e. The van der Waals surface area contributed by atoms with Gasteiger partial charge in [0.25, 0.3) is 0 Å². The van der Waals surface area contributed by atoms with E-state index in [0.29, 0.717) is 29.4 Å². The highest BCUT2D eigenvalue weighted by Gasteiger charge is 2.16.